The van der Waals surface area contributed by atoms with E-state index in [2.05, 4.69) is 40.7 Å². The Balaban J connectivity index is 1.30. The van der Waals surface area contributed by atoms with E-state index in [-0.39, 0.29) is 36.2 Å². The van der Waals surface area contributed by atoms with Gasteiger partial charge >= 0.3 is 5.97 Å². The van der Waals surface area contributed by atoms with Crippen LogP contribution in [0.4, 0.5) is 0 Å². The first-order valence-corrected chi connectivity index (χ1v) is 18.6. The number of allylic oxidation sites excluding steroid dienone is 1. The van der Waals surface area contributed by atoms with Crippen molar-refractivity contribution in [3.8, 4) is 0 Å². The Morgan fingerprint density at radius 1 is 0.909 bits per heavy atom. The lowest BCUT2D eigenvalue weighted by Gasteiger charge is -2.58. The standard InChI is InChI=1S/C38H67N3O3/c1-27(2)10-8-11-28(3)32-14-15-33-31-13-12-29-26-30(18-20-37(29,4)34(31)19-21-38(32,33)5)44-36(43)17-16-35(42)41(25-9-23-40)24-7-6-22-39/h12,27-28,30-34H,6-11,13-26,39-40H2,1-5H3. The van der Waals surface area contributed by atoms with Gasteiger partial charge in [-0.1, -0.05) is 65.5 Å². The molecule has 4 aliphatic carbocycles. The first-order valence-electron chi connectivity index (χ1n) is 18.6. The summed E-state index contributed by atoms with van der Waals surface area (Å²) in [4.78, 5) is 27.6. The normalized spacial score (nSPS) is 33.6. The minimum atomic E-state index is -0.227. The molecule has 6 heteroatoms. The lowest BCUT2D eigenvalue weighted by Crippen LogP contribution is -2.51. The Morgan fingerprint density at radius 2 is 1.66 bits per heavy atom. The fourth-order valence-electron chi connectivity index (χ4n) is 10.5. The maximum absolute atomic E-state index is 12.9. The first kappa shape index (κ1) is 35.5. The summed E-state index contributed by atoms with van der Waals surface area (Å²) in [5.74, 6) is 4.78. The molecule has 0 aromatic carbocycles. The quantitative estimate of drug-likeness (QED) is 0.106. The van der Waals surface area contributed by atoms with Gasteiger partial charge in [-0.05, 0) is 124 Å². The summed E-state index contributed by atoms with van der Waals surface area (Å²) in [5, 5.41) is 0. The van der Waals surface area contributed by atoms with Crippen LogP contribution >= 0.6 is 0 Å². The third kappa shape index (κ3) is 8.11. The summed E-state index contributed by atoms with van der Waals surface area (Å²) in [6.07, 6.45) is 19.3. The molecule has 0 radical (unpaired) electrons. The number of ether oxygens (including phenoxy) is 1. The Bertz CT molecular complexity index is 980. The summed E-state index contributed by atoms with van der Waals surface area (Å²) < 4.78 is 6.02. The molecule has 0 aromatic heterocycles. The predicted molar refractivity (Wildman–Crippen MR) is 181 cm³/mol. The van der Waals surface area contributed by atoms with Gasteiger partial charge in [0.1, 0.15) is 6.10 Å². The number of hydrogen-bond acceptors (Lipinski definition) is 5. The molecule has 0 aromatic rings. The number of amides is 1. The van der Waals surface area contributed by atoms with E-state index < -0.39 is 0 Å². The van der Waals surface area contributed by atoms with Crippen molar-refractivity contribution in [2.24, 2.45) is 57.8 Å². The van der Waals surface area contributed by atoms with Crippen LogP contribution in [0.3, 0.4) is 0 Å². The van der Waals surface area contributed by atoms with E-state index in [4.69, 9.17) is 16.2 Å². The minimum absolute atomic E-state index is 0.0214. The van der Waals surface area contributed by atoms with Crippen molar-refractivity contribution < 1.29 is 14.3 Å². The monoisotopic (exact) mass is 614 g/mol. The predicted octanol–water partition coefficient (Wildman–Crippen LogP) is 7.64. The zero-order valence-electron chi connectivity index (χ0n) is 29.1. The molecule has 44 heavy (non-hydrogen) atoms. The van der Waals surface area contributed by atoms with Crippen molar-refractivity contribution >= 4 is 11.9 Å². The SMILES string of the molecule is CC(C)CCCC(C)C1CCC2C3CC=C4CC(OC(=O)CCC(=O)N(CCCN)CCCCN)CCC4(C)C3CCC12C. The largest absolute Gasteiger partial charge is 0.462 e. The number of carbonyl (C=O) groups excluding carboxylic acids is 2. The number of carbonyl (C=O) groups is 2. The second-order valence-electron chi connectivity index (χ2n) is 16.2. The number of rotatable bonds is 16. The van der Waals surface area contributed by atoms with Crippen molar-refractivity contribution in [1.82, 2.24) is 4.90 Å². The molecule has 3 saturated carbocycles. The van der Waals surface area contributed by atoms with E-state index >= 15 is 0 Å². The van der Waals surface area contributed by atoms with E-state index in [9.17, 15) is 9.59 Å². The van der Waals surface area contributed by atoms with E-state index in [1.807, 2.05) is 4.90 Å². The molecular formula is C38H67N3O3. The summed E-state index contributed by atoms with van der Waals surface area (Å²) in [5.41, 5.74) is 13.6. The molecule has 4 rings (SSSR count). The van der Waals surface area contributed by atoms with E-state index in [0.717, 1.165) is 74.0 Å². The van der Waals surface area contributed by atoms with Gasteiger partial charge in [0.2, 0.25) is 5.91 Å². The highest BCUT2D eigenvalue weighted by molar-refractivity contribution is 5.81. The molecule has 1 amide bonds. The Morgan fingerprint density at radius 3 is 2.39 bits per heavy atom. The van der Waals surface area contributed by atoms with Crippen LogP contribution in [0, 0.1) is 46.3 Å². The van der Waals surface area contributed by atoms with Crippen LogP contribution in [0.5, 0.6) is 0 Å². The number of fused-ring (bicyclic) bond motifs is 5. The van der Waals surface area contributed by atoms with Gasteiger partial charge in [0.25, 0.3) is 0 Å². The molecule has 8 unspecified atom stereocenters. The molecule has 0 heterocycles. The van der Waals surface area contributed by atoms with Crippen molar-refractivity contribution in [2.45, 2.75) is 143 Å². The fraction of sp³-hybridized carbons (Fsp3) is 0.895. The zero-order valence-corrected chi connectivity index (χ0v) is 29.1. The van der Waals surface area contributed by atoms with Crippen molar-refractivity contribution in [2.75, 3.05) is 26.2 Å². The fourth-order valence-corrected chi connectivity index (χ4v) is 10.5. The smallest absolute Gasteiger partial charge is 0.306 e. The maximum Gasteiger partial charge on any atom is 0.306 e. The molecule has 3 fully saturated rings. The molecule has 8 atom stereocenters. The molecule has 0 aliphatic heterocycles. The second kappa shape index (κ2) is 15.9. The van der Waals surface area contributed by atoms with Gasteiger partial charge in [0.15, 0.2) is 0 Å². The van der Waals surface area contributed by atoms with E-state index in [1.165, 1.54) is 51.4 Å². The highest BCUT2D eigenvalue weighted by Crippen LogP contribution is 2.67. The molecule has 6 nitrogen and oxygen atoms in total. The highest BCUT2D eigenvalue weighted by Gasteiger charge is 2.59. The van der Waals surface area contributed by atoms with Crippen molar-refractivity contribution in [3.63, 3.8) is 0 Å². The van der Waals surface area contributed by atoms with Gasteiger partial charge < -0.3 is 21.1 Å². The summed E-state index contributed by atoms with van der Waals surface area (Å²) in [6, 6.07) is 0. The Kier molecular flexibility index (Phi) is 12.8. The van der Waals surface area contributed by atoms with Gasteiger partial charge in [-0.3, -0.25) is 9.59 Å². The van der Waals surface area contributed by atoms with Crippen LogP contribution in [0.2, 0.25) is 0 Å². The number of nitrogens with two attached hydrogens (primary N) is 2. The molecule has 0 bridgehead atoms. The van der Waals surface area contributed by atoms with Crippen LogP contribution in [0.15, 0.2) is 11.6 Å². The first-order chi connectivity index (χ1) is 21.0. The van der Waals surface area contributed by atoms with Gasteiger partial charge in [-0.25, -0.2) is 0 Å². The Labute approximate surface area is 269 Å². The average Bonchev–Trinajstić information content (AvgIpc) is 3.35. The molecule has 0 saturated heterocycles. The molecule has 0 spiro atoms. The summed E-state index contributed by atoms with van der Waals surface area (Å²) in [7, 11) is 0. The summed E-state index contributed by atoms with van der Waals surface area (Å²) in [6.45, 7) is 15.0. The van der Waals surface area contributed by atoms with E-state index in [0.29, 0.717) is 31.6 Å². The van der Waals surface area contributed by atoms with Crippen molar-refractivity contribution in [1.29, 1.82) is 0 Å². The lowest BCUT2D eigenvalue weighted by molar-refractivity contribution is -0.153. The van der Waals surface area contributed by atoms with Crippen LogP contribution < -0.4 is 11.5 Å². The van der Waals surface area contributed by atoms with Crippen molar-refractivity contribution in [3.05, 3.63) is 11.6 Å². The maximum atomic E-state index is 12.9. The third-order valence-electron chi connectivity index (χ3n) is 13.0. The number of unbranched alkanes of at least 4 members (excludes halogenated alkanes) is 1. The molecule has 4 aliphatic rings. The topological polar surface area (TPSA) is 98.7 Å². The number of hydrogen-bond donors (Lipinski definition) is 2. The second-order valence-corrected chi connectivity index (χ2v) is 16.2. The molecule has 4 N–H and O–H groups in total. The highest BCUT2D eigenvalue weighted by atomic mass is 16.5. The van der Waals surface area contributed by atoms with Crippen LogP contribution in [-0.2, 0) is 14.3 Å². The average molecular weight is 614 g/mol. The minimum Gasteiger partial charge on any atom is -0.462 e. The number of nitrogens with zero attached hydrogens (tertiary/aromatic N) is 1. The summed E-state index contributed by atoms with van der Waals surface area (Å²) >= 11 is 0. The zero-order chi connectivity index (χ0) is 31.9. The third-order valence-corrected chi connectivity index (χ3v) is 13.0. The van der Waals surface area contributed by atoms with E-state index in [1.54, 1.807) is 5.57 Å². The van der Waals surface area contributed by atoms with Crippen LogP contribution in [0.1, 0.15) is 137 Å². The lowest BCUT2D eigenvalue weighted by atomic mass is 9.47. The van der Waals surface area contributed by atoms with Crippen LogP contribution in [0.25, 0.3) is 0 Å². The Hall–Kier alpha value is -1.40. The van der Waals surface area contributed by atoms with Gasteiger partial charge in [-0.15, -0.1) is 0 Å². The van der Waals surface area contributed by atoms with Crippen LogP contribution in [-0.4, -0.2) is 49.1 Å². The molecule has 252 valence electrons. The molecular weight excluding hydrogens is 546 g/mol. The van der Waals surface area contributed by atoms with Gasteiger partial charge in [0.05, 0.1) is 6.42 Å². The number of esters is 1. The van der Waals surface area contributed by atoms with Gasteiger partial charge in [0, 0.05) is 25.9 Å². The van der Waals surface area contributed by atoms with Gasteiger partial charge in [-0.2, -0.15) is 0 Å².